The molecule has 0 saturated carbocycles. The van der Waals surface area contributed by atoms with Gasteiger partial charge in [-0.25, -0.2) is 8.42 Å². The molecule has 0 radical (unpaired) electrons. The molecule has 0 N–H and O–H groups in total. The predicted molar refractivity (Wildman–Crippen MR) is 94.7 cm³/mol. The van der Waals surface area contributed by atoms with Crippen molar-refractivity contribution in [2.45, 2.75) is 32.6 Å². The third-order valence-electron chi connectivity index (χ3n) is 3.62. The van der Waals surface area contributed by atoms with Gasteiger partial charge < -0.3 is 14.0 Å². The second kappa shape index (κ2) is 9.60. The van der Waals surface area contributed by atoms with E-state index in [0.29, 0.717) is 18.8 Å². The molecule has 0 bridgehead atoms. The van der Waals surface area contributed by atoms with Gasteiger partial charge in [-0.1, -0.05) is 44.0 Å². The zero-order chi connectivity index (χ0) is 18.1. The van der Waals surface area contributed by atoms with Gasteiger partial charge in [0.15, 0.2) is 0 Å². The van der Waals surface area contributed by atoms with E-state index in [2.05, 4.69) is 11.1 Å². The lowest BCUT2D eigenvalue weighted by molar-refractivity contribution is 0.226. The van der Waals surface area contributed by atoms with Crippen LogP contribution in [0.15, 0.2) is 36.4 Å². The van der Waals surface area contributed by atoms with Crippen LogP contribution in [0, 0.1) is 0 Å². The fourth-order valence-electron chi connectivity index (χ4n) is 2.44. The van der Waals surface area contributed by atoms with Crippen molar-refractivity contribution in [3.8, 4) is 11.5 Å². The van der Waals surface area contributed by atoms with Crippen molar-refractivity contribution in [1.29, 1.82) is 0 Å². The van der Waals surface area contributed by atoms with Gasteiger partial charge in [0.1, 0.15) is 11.5 Å². The summed E-state index contributed by atoms with van der Waals surface area (Å²) >= 11 is 0. The third-order valence-corrected chi connectivity index (χ3v) is 4.08. The van der Waals surface area contributed by atoms with Gasteiger partial charge in [0.05, 0.1) is 19.8 Å². The highest BCUT2D eigenvalue weighted by molar-refractivity contribution is 7.80. The van der Waals surface area contributed by atoms with Crippen molar-refractivity contribution in [3.63, 3.8) is 0 Å². The highest BCUT2D eigenvalue weighted by Gasteiger charge is 2.07. The van der Waals surface area contributed by atoms with E-state index >= 15 is 0 Å². The van der Waals surface area contributed by atoms with Crippen LogP contribution in [0.5, 0.6) is 11.5 Å². The summed E-state index contributed by atoms with van der Waals surface area (Å²) in [7, 11) is -4.64. The lowest BCUT2D eigenvalue weighted by Crippen LogP contribution is -2.08. The minimum Gasteiger partial charge on any atom is -0.726 e. The molecule has 25 heavy (non-hydrogen) atoms. The first kappa shape index (κ1) is 19.5. The summed E-state index contributed by atoms with van der Waals surface area (Å²) in [6.45, 7) is 2.89. The molecule has 2 aromatic rings. The smallest absolute Gasteiger partial charge is 0.217 e. The molecule has 7 heteroatoms. The van der Waals surface area contributed by atoms with Crippen LogP contribution in [0.3, 0.4) is 0 Å². The highest BCUT2D eigenvalue weighted by Crippen LogP contribution is 2.32. The van der Waals surface area contributed by atoms with Gasteiger partial charge in [0, 0.05) is 17.2 Å². The minimum absolute atomic E-state index is 0.192. The van der Waals surface area contributed by atoms with Gasteiger partial charge in [0.25, 0.3) is 0 Å². The first-order valence-electron chi connectivity index (χ1n) is 8.39. The second-order valence-corrected chi connectivity index (χ2v) is 6.65. The summed E-state index contributed by atoms with van der Waals surface area (Å²) in [4.78, 5) is 0. The Hall–Kier alpha value is -1.83. The van der Waals surface area contributed by atoms with E-state index in [4.69, 9.17) is 9.47 Å². The van der Waals surface area contributed by atoms with Gasteiger partial charge in [-0.05, 0) is 18.6 Å². The third kappa shape index (κ3) is 6.53. The lowest BCUT2D eigenvalue weighted by atomic mass is 10.1. The molecule has 0 unspecified atom stereocenters. The summed E-state index contributed by atoms with van der Waals surface area (Å²) in [6.07, 6.45) is 3.60. The molecular weight excluding hydrogens is 344 g/mol. The maximum absolute atomic E-state index is 10.4. The van der Waals surface area contributed by atoms with E-state index in [0.717, 1.165) is 35.8 Å². The van der Waals surface area contributed by atoms with Gasteiger partial charge in [-0.3, -0.25) is 4.18 Å². The van der Waals surface area contributed by atoms with E-state index in [1.165, 1.54) is 0 Å². The number of ether oxygens (including phenoxy) is 2. The van der Waals surface area contributed by atoms with E-state index in [1.807, 2.05) is 36.4 Å². The van der Waals surface area contributed by atoms with E-state index in [9.17, 15) is 13.0 Å². The van der Waals surface area contributed by atoms with Crippen molar-refractivity contribution in [2.24, 2.45) is 0 Å². The number of fused-ring (bicyclic) bond motifs is 1. The largest absolute Gasteiger partial charge is 0.726 e. The van der Waals surface area contributed by atoms with E-state index < -0.39 is 10.4 Å². The zero-order valence-electron chi connectivity index (χ0n) is 14.3. The van der Waals surface area contributed by atoms with Crippen LogP contribution in [0.1, 0.15) is 32.6 Å². The molecule has 2 rings (SSSR count). The van der Waals surface area contributed by atoms with Crippen molar-refractivity contribution in [3.05, 3.63) is 36.4 Å². The van der Waals surface area contributed by atoms with Crippen LogP contribution in [0.2, 0.25) is 0 Å². The number of rotatable bonds is 11. The fraction of sp³-hybridized carbons (Fsp3) is 0.444. The topological polar surface area (TPSA) is 84.9 Å². The van der Waals surface area contributed by atoms with Crippen molar-refractivity contribution in [2.75, 3.05) is 19.8 Å². The van der Waals surface area contributed by atoms with Crippen molar-refractivity contribution < 1.29 is 26.6 Å². The van der Waals surface area contributed by atoms with Gasteiger partial charge in [-0.2, -0.15) is 0 Å². The molecule has 0 fully saturated rings. The maximum Gasteiger partial charge on any atom is 0.217 e. The summed E-state index contributed by atoms with van der Waals surface area (Å²) in [5.41, 5.74) is 0. The Bertz CT molecular complexity index is 772. The van der Waals surface area contributed by atoms with Crippen LogP contribution >= 0.6 is 0 Å². The Labute approximate surface area is 148 Å². The van der Waals surface area contributed by atoms with Crippen molar-refractivity contribution in [1.82, 2.24) is 0 Å². The molecule has 0 aliphatic carbocycles. The molecular formula is C18H23O6S-. The average Bonchev–Trinajstić information content (AvgIpc) is 2.58. The Balaban J connectivity index is 1.98. The standard InChI is InChI=1S/C18H24O6S/c1-2-3-4-12-22-17-10-5-9-16-15(17)8-6-11-18(16)23-13-7-14-24-25(19,20)21/h5-6,8-11H,2-4,7,12-14H2,1H3,(H,19,20,21)/p-1. The lowest BCUT2D eigenvalue weighted by Gasteiger charge is -2.13. The molecule has 0 spiro atoms. The molecule has 0 aliphatic heterocycles. The quantitative estimate of drug-likeness (QED) is 0.342. The molecule has 138 valence electrons. The predicted octanol–water partition coefficient (Wildman–Crippen LogP) is 3.65. The first-order chi connectivity index (χ1) is 12.0. The van der Waals surface area contributed by atoms with Gasteiger partial charge in [-0.15, -0.1) is 0 Å². The van der Waals surface area contributed by atoms with Gasteiger partial charge >= 0.3 is 0 Å². The first-order valence-corrected chi connectivity index (χ1v) is 9.72. The molecule has 0 aliphatic rings. The Morgan fingerprint density at radius 1 is 0.840 bits per heavy atom. The van der Waals surface area contributed by atoms with Crippen LogP contribution in [0.4, 0.5) is 0 Å². The van der Waals surface area contributed by atoms with E-state index in [1.54, 1.807) is 0 Å². The summed E-state index contributed by atoms with van der Waals surface area (Å²) in [5.74, 6) is 1.50. The molecule has 0 saturated heterocycles. The number of benzene rings is 2. The summed E-state index contributed by atoms with van der Waals surface area (Å²) < 4.78 is 46.8. The maximum atomic E-state index is 10.4. The minimum atomic E-state index is -4.64. The fourth-order valence-corrected chi connectivity index (χ4v) is 2.76. The summed E-state index contributed by atoms with van der Waals surface area (Å²) in [6, 6.07) is 11.5. The number of hydrogen-bond donors (Lipinski definition) is 0. The Kier molecular flexibility index (Phi) is 7.49. The Morgan fingerprint density at radius 3 is 1.92 bits per heavy atom. The normalized spacial score (nSPS) is 11.6. The molecule has 0 atom stereocenters. The van der Waals surface area contributed by atoms with Crippen molar-refractivity contribution >= 4 is 21.2 Å². The molecule has 6 nitrogen and oxygen atoms in total. The SMILES string of the molecule is CCCCCOc1cccc2c(OCCCOS(=O)(=O)[O-])cccc12. The Morgan fingerprint density at radius 2 is 1.40 bits per heavy atom. The molecule has 0 aromatic heterocycles. The molecule has 0 heterocycles. The average molecular weight is 367 g/mol. The second-order valence-electron chi connectivity index (χ2n) is 5.60. The number of hydrogen-bond acceptors (Lipinski definition) is 6. The van der Waals surface area contributed by atoms with Crippen LogP contribution in [-0.4, -0.2) is 32.8 Å². The van der Waals surface area contributed by atoms with Gasteiger partial charge in [0.2, 0.25) is 10.4 Å². The van der Waals surface area contributed by atoms with Crippen LogP contribution in [0.25, 0.3) is 10.8 Å². The monoisotopic (exact) mass is 367 g/mol. The van der Waals surface area contributed by atoms with Crippen LogP contribution in [-0.2, 0) is 14.6 Å². The molecule has 2 aromatic carbocycles. The highest BCUT2D eigenvalue weighted by atomic mass is 32.3. The summed E-state index contributed by atoms with van der Waals surface area (Å²) in [5, 5.41) is 1.89. The van der Waals surface area contributed by atoms with Crippen LogP contribution < -0.4 is 9.47 Å². The molecule has 0 amide bonds. The van der Waals surface area contributed by atoms with E-state index in [-0.39, 0.29) is 13.2 Å². The zero-order valence-corrected chi connectivity index (χ0v) is 15.1. The number of unbranched alkanes of at least 4 members (excludes halogenated alkanes) is 2.